The van der Waals surface area contributed by atoms with E-state index < -0.39 is 10.9 Å². The number of Topliss-reactive ketones (excluding diaryl/α,β-unsaturated/α-hetero) is 1. The monoisotopic (exact) mass is 329 g/mol. The molecule has 0 aliphatic rings. The maximum absolute atomic E-state index is 11.8. The number of methoxy groups -OCH3 is 1. The van der Waals surface area contributed by atoms with Crippen LogP contribution in [0.3, 0.4) is 0 Å². The number of ether oxygens (including phenoxy) is 2. The molecule has 0 fully saturated rings. The van der Waals surface area contributed by atoms with Crippen LogP contribution in [0, 0.1) is 10.1 Å². The fraction of sp³-hybridized carbons (Fsp3) is 0.176. The third kappa shape index (κ3) is 3.95. The van der Waals surface area contributed by atoms with Gasteiger partial charge in [0.25, 0.3) is 5.69 Å². The number of hydrogen-bond acceptors (Lipinski definition) is 6. The van der Waals surface area contributed by atoms with Crippen LogP contribution in [0.5, 0.6) is 5.75 Å². The number of carbonyl (C=O) groups is 2. The van der Waals surface area contributed by atoms with Crippen molar-refractivity contribution in [2.24, 2.45) is 0 Å². The summed E-state index contributed by atoms with van der Waals surface area (Å²) in [6.07, 6.45) is 0. The van der Waals surface area contributed by atoms with Crippen LogP contribution in [-0.2, 0) is 11.3 Å². The van der Waals surface area contributed by atoms with E-state index in [1.807, 2.05) is 0 Å². The molecule has 0 aromatic heterocycles. The van der Waals surface area contributed by atoms with E-state index in [4.69, 9.17) is 4.74 Å². The van der Waals surface area contributed by atoms with Crippen molar-refractivity contribution >= 4 is 17.4 Å². The van der Waals surface area contributed by atoms with Crippen molar-refractivity contribution in [1.29, 1.82) is 0 Å². The Labute approximate surface area is 138 Å². The second-order valence-electron chi connectivity index (χ2n) is 4.97. The van der Waals surface area contributed by atoms with Crippen molar-refractivity contribution in [2.75, 3.05) is 7.11 Å². The highest BCUT2D eigenvalue weighted by atomic mass is 16.6. The fourth-order valence-corrected chi connectivity index (χ4v) is 2.13. The molecule has 0 N–H and O–H groups in total. The number of nitro benzene ring substituents is 1. The van der Waals surface area contributed by atoms with Gasteiger partial charge in [0, 0.05) is 17.7 Å². The van der Waals surface area contributed by atoms with Crippen LogP contribution in [0.25, 0.3) is 0 Å². The number of ketones is 1. The van der Waals surface area contributed by atoms with E-state index in [1.165, 1.54) is 38.3 Å². The first kappa shape index (κ1) is 17.1. The minimum absolute atomic E-state index is 0.0294. The lowest BCUT2D eigenvalue weighted by Gasteiger charge is -2.10. The summed E-state index contributed by atoms with van der Waals surface area (Å²) in [5, 5.41) is 10.8. The predicted molar refractivity (Wildman–Crippen MR) is 85.2 cm³/mol. The van der Waals surface area contributed by atoms with Crippen LogP contribution in [-0.4, -0.2) is 23.8 Å². The summed E-state index contributed by atoms with van der Waals surface area (Å²) >= 11 is 0. The van der Waals surface area contributed by atoms with Crippen molar-refractivity contribution in [3.8, 4) is 5.75 Å². The molecule has 0 saturated heterocycles. The number of rotatable bonds is 6. The molecule has 24 heavy (non-hydrogen) atoms. The molecular weight excluding hydrogens is 314 g/mol. The highest BCUT2D eigenvalue weighted by Crippen LogP contribution is 2.21. The fourth-order valence-electron chi connectivity index (χ4n) is 2.13. The van der Waals surface area contributed by atoms with Crippen LogP contribution in [0.15, 0.2) is 42.5 Å². The van der Waals surface area contributed by atoms with Crippen molar-refractivity contribution in [3.05, 3.63) is 69.3 Å². The Morgan fingerprint density at radius 3 is 2.50 bits per heavy atom. The van der Waals surface area contributed by atoms with Crippen LogP contribution in [0.1, 0.15) is 33.2 Å². The average Bonchev–Trinajstić information content (AvgIpc) is 2.59. The Morgan fingerprint density at radius 1 is 1.12 bits per heavy atom. The highest BCUT2D eigenvalue weighted by Gasteiger charge is 2.16. The molecule has 7 nitrogen and oxygen atoms in total. The zero-order valence-corrected chi connectivity index (χ0v) is 13.1. The zero-order chi connectivity index (χ0) is 17.7. The van der Waals surface area contributed by atoms with Crippen LogP contribution in [0.4, 0.5) is 5.69 Å². The van der Waals surface area contributed by atoms with E-state index in [0.717, 1.165) is 0 Å². The summed E-state index contributed by atoms with van der Waals surface area (Å²) < 4.78 is 10.2. The molecule has 0 aliphatic carbocycles. The molecule has 0 spiro atoms. The van der Waals surface area contributed by atoms with Crippen LogP contribution < -0.4 is 4.74 Å². The molecule has 0 amide bonds. The molecule has 0 radical (unpaired) electrons. The van der Waals surface area contributed by atoms with Gasteiger partial charge in [-0.15, -0.1) is 0 Å². The van der Waals surface area contributed by atoms with Gasteiger partial charge >= 0.3 is 5.97 Å². The van der Waals surface area contributed by atoms with E-state index in [0.29, 0.717) is 11.3 Å². The number of nitro groups is 1. The third-order valence-electron chi connectivity index (χ3n) is 3.30. The SMILES string of the molecule is COC(=O)c1cc(OCc2cccc([N+](=O)[O-])c2)ccc1C(C)=O. The lowest BCUT2D eigenvalue weighted by molar-refractivity contribution is -0.384. The minimum atomic E-state index is -0.638. The lowest BCUT2D eigenvalue weighted by atomic mass is 10.0. The second-order valence-corrected chi connectivity index (χ2v) is 4.97. The van der Waals surface area contributed by atoms with Crippen molar-refractivity contribution < 1.29 is 24.0 Å². The molecule has 0 unspecified atom stereocenters. The van der Waals surface area contributed by atoms with Gasteiger partial charge in [-0.2, -0.15) is 0 Å². The first-order chi connectivity index (χ1) is 11.4. The van der Waals surface area contributed by atoms with E-state index in [9.17, 15) is 19.7 Å². The van der Waals surface area contributed by atoms with Gasteiger partial charge in [-0.1, -0.05) is 12.1 Å². The van der Waals surface area contributed by atoms with Crippen molar-refractivity contribution in [3.63, 3.8) is 0 Å². The Kier molecular flexibility index (Phi) is 5.26. The summed E-state index contributed by atoms with van der Waals surface area (Å²) in [6, 6.07) is 10.5. The molecule has 0 atom stereocenters. The number of nitrogens with zero attached hydrogens (tertiary/aromatic N) is 1. The Bertz CT molecular complexity index is 799. The second kappa shape index (κ2) is 7.36. The summed E-state index contributed by atoms with van der Waals surface area (Å²) in [7, 11) is 1.23. The normalized spacial score (nSPS) is 10.1. The average molecular weight is 329 g/mol. The molecule has 0 heterocycles. The molecular formula is C17H15NO6. The standard InChI is InChI=1S/C17H15NO6/c1-11(19)15-7-6-14(9-16(15)17(20)23-2)24-10-12-4-3-5-13(8-12)18(21)22/h3-9H,10H2,1-2H3. The maximum Gasteiger partial charge on any atom is 0.338 e. The number of benzene rings is 2. The van der Waals surface area contributed by atoms with Gasteiger partial charge in [0.2, 0.25) is 0 Å². The molecule has 2 aromatic carbocycles. The first-order valence-electron chi connectivity index (χ1n) is 7.02. The number of non-ortho nitro benzene ring substituents is 1. The quantitative estimate of drug-likeness (QED) is 0.349. The van der Waals surface area contributed by atoms with E-state index >= 15 is 0 Å². The summed E-state index contributed by atoms with van der Waals surface area (Å²) in [5.74, 6) is -0.548. The summed E-state index contributed by atoms with van der Waals surface area (Å²) in [4.78, 5) is 33.6. The Balaban J connectivity index is 2.21. The molecule has 7 heteroatoms. The Hall–Kier alpha value is -3.22. The molecule has 124 valence electrons. The van der Waals surface area contributed by atoms with Gasteiger partial charge in [-0.05, 0) is 30.7 Å². The topological polar surface area (TPSA) is 95.7 Å². The molecule has 0 aliphatic heterocycles. The summed E-state index contributed by atoms with van der Waals surface area (Å²) in [5.41, 5.74) is 0.934. The van der Waals surface area contributed by atoms with Gasteiger partial charge in [0.15, 0.2) is 5.78 Å². The number of hydrogen-bond donors (Lipinski definition) is 0. The van der Waals surface area contributed by atoms with E-state index in [1.54, 1.807) is 18.2 Å². The third-order valence-corrected chi connectivity index (χ3v) is 3.30. The molecule has 0 saturated carbocycles. The van der Waals surface area contributed by atoms with Crippen molar-refractivity contribution in [1.82, 2.24) is 0 Å². The van der Waals surface area contributed by atoms with E-state index in [2.05, 4.69) is 4.74 Å². The number of esters is 1. The predicted octanol–water partition coefficient (Wildman–Crippen LogP) is 3.16. The highest BCUT2D eigenvalue weighted by molar-refractivity contribution is 6.05. The first-order valence-corrected chi connectivity index (χ1v) is 7.02. The lowest BCUT2D eigenvalue weighted by Crippen LogP contribution is -2.09. The van der Waals surface area contributed by atoms with Gasteiger partial charge in [-0.25, -0.2) is 4.79 Å². The number of carbonyl (C=O) groups excluding carboxylic acids is 2. The maximum atomic E-state index is 11.8. The van der Waals surface area contributed by atoms with Crippen molar-refractivity contribution in [2.45, 2.75) is 13.5 Å². The van der Waals surface area contributed by atoms with E-state index in [-0.39, 0.29) is 29.2 Å². The van der Waals surface area contributed by atoms with Crippen LogP contribution in [0.2, 0.25) is 0 Å². The van der Waals surface area contributed by atoms with Gasteiger partial charge in [-0.3, -0.25) is 14.9 Å². The summed E-state index contributed by atoms with van der Waals surface area (Å²) in [6.45, 7) is 1.44. The minimum Gasteiger partial charge on any atom is -0.489 e. The Morgan fingerprint density at radius 2 is 1.88 bits per heavy atom. The molecule has 2 rings (SSSR count). The zero-order valence-electron chi connectivity index (χ0n) is 13.1. The van der Waals surface area contributed by atoms with Crippen LogP contribution >= 0.6 is 0 Å². The molecule has 2 aromatic rings. The molecule has 0 bridgehead atoms. The van der Waals surface area contributed by atoms with Gasteiger partial charge in [0.05, 0.1) is 17.6 Å². The smallest absolute Gasteiger partial charge is 0.338 e. The largest absolute Gasteiger partial charge is 0.489 e. The van der Waals surface area contributed by atoms with Gasteiger partial charge < -0.3 is 9.47 Å². The van der Waals surface area contributed by atoms with Gasteiger partial charge in [0.1, 0.15) is 12.4 Å².